The molecule has 20 heavy (non-hydrogen) atoms. The van der Waals surface area contributed by atoms with Crippen LogP contribution in [0, 0.1) is 5.92 Å². The van der Waals surface area contributed by atoms with E-state index < -0.39 is 0 Å². The number of carbonyl (C=O) groups excluding carboxylic acids is 1. The maximum absolute atomic E-state index is 11.7. The van der Waals surface area contributed by atoms with Crippen LogP contribution in [-0.4, -0.2) is 37.1 Å². The minimum Gasteiger partial charge on any atom is -0.338 e. The number of anilines is 1. The molecule has 0 radical (unpaired) electrons. The summed E-state index contributed by atoms with van der Waals surface area (Å²) >= 11 is 0. The number of carbonyl (C=O) groups is 1. The number of rotatable bonds is 5. The highest BCUT2D eigenvalue weighted by Crippen LogP contribution is 2.15. The maximum atomic E-state index is 11.7. The van der Waals surface area contributed by atoms with Crippen molar-refractivity contribution in [2.75, 3.05) is 31.5 Å². The molecule has 1 aromatic rings. The SMILES string of the molecule is C[C@@H]1CCCN(CCCNC(=O)Nc2ccccc2)C1. The number of para-hydroxylation sites is 1. The van der Waals surface area contributed by atoms with E-state index in [1.165, 1.54) is 25.9 Å². The molecule has 2 amide bonds. The minimum atomic E-state index is -0.122. The lowest BCUT2D eigenvalue weighted by molar-refractivity contribution is 0.182. The molecule has 1 aromatic carbocycles. The lowest BCUT2D eigenvalue weighted by Gasteiger charge is -2.30. The third-order valence-corrected chi connectivity index (χ3v) is 3.71. The topological polar surface area (TPSA) is 44.4 Å². The maximum Gasteiger partial charge on any atom is 0.319 e. The van der Waals surface area contributed by atoms with Crippen molar-refractivity contribution < 1.29 is 4.79 Å². The number of likely N-dealkylation sites (tertiary alicyclic amines) is 1. The van der Waals surface area contributed by atoms with Gasteiger partial charge in [0, 0.05) is 18.8 Å². The minimum absolute atomic E-state index is 0.122. The lowest BCUT2D eigenvalue weighted by Crippen LogP contribution is -2.37. The molecule has 0 spiro atoms. The summed E-state index contributed by atoms with van der Waals surface area (Å²) < 4.78 is 0. The second kappa shape index (κ2) is 7.90. The number of benzene rings is 1. The highest BCUT2D eigenvalue weighted by atomic mass is 16.2. The van der Waals surface area contributed by atoms with Crippen LogP contribution in [0.4, 0.5) is 10.5 Å². The summed E-state index contributed by atoms with van der Waals surface area (Å²) in [7, 11) is 0. The molecule has 1 fully saturated rings. The number of hydrogen-bond donors (Lipinski definition) is 2. The van der Waals surface area contributed by atoms with Gasteiger partial charge in [-0.3, -0.25) is 0 Å². The van der Waals surface area contributed by atoms with Crippen LogP contribution in [0.15, 0.2) is 30.3 Å². The fraction of sp³-hybridized carbons (Fsp3) is 0.562. The van der Waals surface area contributed by atoms with Crippen molar-refractivity contribution in [3.8, 4) is 0 Å². The Hall–Kier alpha value is -1.55. The Labute approximate surface area is 121 Å². The molecule has 1 aliphatic rings. The Balaban J connectivity index is 1.57. The smallest absolute Gasteiger partial charge is 0.319 e. The van der Waals surface area contributed by atoms with Gasteiger partial charge in [0.25, 0.3) is 0 Å². The van der Waals surface area contributed by atoms with Gasteiger partial charge in [0.2, 0.25) is 0 Å². The van der Waals surface area contributed by atoms with Crippen molar-refractivity contribution in [2.45, 2.75) is 26.2 Å². The van der Waals surface area contributed by atoms with Crippen molar-refractivity contribution in [2.24, 2.45) is 5.92 Å². The van der Waals surface area contributed by atoms with Gasteiger partial charge in [-0.1, -0.05) is 25.1 Å². The molecule has 0 saturated carbocycles. The van der Waals surface area contributed by atoms with Gasteiger partial charge < -0.3 is 15.5 Å². The molecule has 4 heteroatoms. The average molecular weight is 275 g/mol. The quantitative estimate of drug-likeness (QED) is 0.812. The first-order valence-corrected chi connectivity index (χ1v) is 7.56. The van der Waals surface area contributed by atoms with Gasteiger partial charge in [-0.05, 0) is 50.4 Å². The third kappa shape index (κ3) is 5.21. The van der Waals surface area contributed by atoms with Crippen LogP contribution >= 0.6 is 0 Å². The van der Waals surface area contributed by atoms with Gasteiger partial charge in [0.1, 0.15) is 0 Å². The Kier molecular flexibility index (Phi) is 5.87. The summed E-state index contributed by atoms with van der Waals surface area (Å²) in [6.07, 6.45) is 3.67. The van der Waals surface area contributed by atoms with E-state index in [-0.39, 0.29) is 6.03 Å². The van der Waals surface area contributed by atoms with Crippen LogP contribution in [0.25, 0.3) is 0 Å². The van der Waals surface area contributed by atoms with Gasteiger partial charge in [-0.25, -0.2) is 4.79 Å². The molecule has 1 saturated heterocycles. The van der Waals surface area contributed by atoms with E-state index >= 15 is 0 Å². The molecule has 1 heterocycles. The summed E-state index contributed by atoms with van der Waals surface area (Å²) in [6, 6.07) is 9.40. The first kappa shape index (κ1) is 14.9. The van der Waals surface area contributed by atoms with Gasteiger partial charge in [-0.15, -0.1) is 0 Å². The fourth-order valence-corrected chi connectivity index (χ4v) is 2.69. The third-order valence-electron chi connectivity index (χ3n) is 3.71. The molecule has 2 N–H and O–H groups in total. The Morgan fingerprint density at radius 2 is 2.15 bits per heavy atom. The van der Waals surface area contributed by atoms with Crippen LogP contribution in [0.1, 0.15) is 26.2 Å². The van der Waals surface area contributed by atoms with Gasteiger partial charge >= 0.3 is 6.03 Å². The first-order valence-electron chi connectivity index (χ1n) is 7.56. The molecule has 110 valence electrons. The molecule has 2 rings (SSSR count). The van der Waals surface area contributed by atoms with E-state index in [0.29, 0.717) is 0 Å². The number of piperidine rings is 1. The number of nitrogens with zero attached hydrogens (tertiary/aromatic N) is 1. The van der Waals surface area contributed by atoms with E-state index in [9.17, 15) is 4.79 Å². The number of hydrogen-bond acceptors (Lipinski definition) is 2. The second-order valence-corrected chi connectivity index (χ2v) is 5.65. The van der Waals surface area contributed by atoms with Crippen LogP contribution in [0.3, 0.4) is 0 Å². The predicted molar refractivity (Wildman–Crippen MR) is 82.9 cm³/mol. The molecule has 4 nitrogen and oxygen atoms in total. The summed E-state index contributed by atoms with van der Waals surface area (Å²) in [6.45, 7) is 6.54. The van der Waals surface area contributed by atoms with E-state index in [1.807, 2.05) is 30.3 Å². The molecule has 1 aliphatic heterocycles. The van der Waals surface area contributed by atoms with Crippen LogP contribution < -0.4 is 10.6 Å². The number of amides is 2. The zero-order chi connectivity index (χ0) is 14.2. The van der Waals surface area contributed by atoms with Crippen molar-refractivity contribution in [1.82, 2.24) is 10.2 Å². The summed E-state index contributed by atoms with van der Waals surface area (Å²) in [5.41, 5.74) is 0.829. The van der Waals surface area contributed by atoms with Gasteiger partial charge in [0.05, 0.1) is 0 Å². The molecular weight excluding hydrogens is 250 g/mol. The van der Waals surface area contributed by atoms with Crippen molar-refractivity contribution in [3.05, 3.63) is 30.3 Å². The highest BCUT2D eigenvalue weighted by molar-refractivity contribution is 5.89. The Morgan fingerprint density at radius 1 is 1.35 bits per heavy atom. The molecule has 0 aromatic heterocycles. The summed E-state index contributed by atoms with van der Waals surface area (Å²) in [5, 5.41) is 5.73. The summed E-state index contributed by atoms with van der Waals surface area (Å²) in [4.78, 5) is 14.2. The van der Waals surface area contributed by atoms with Crippen molar-refractivity contribution in [3.63, 3.8) is 0 Å². The highest BCUT2D eigenvalue weighted by Gasteiger charge is 2.15. The van der Waals surface area contributed by atoms with Crippen LogP contribution in [0.5, 0.6) is 0 Å². The van der Waals surface area contributed by atoms with E-state index in [2.05, 4.69) is 22.5 Å². The van der Waals surface area contributed by atoms with Crippen molar-refractivity contribution >= 4 is 11.7 Å². The number of urea groups is 1. The Bertz CT molecular complexity index is 407. The van der Waals surface area contributed by atoms with Gasteiger partial charge in [-0.2, -0.15) is 0 Å². The lowest BCUT2D eigenvalue weighted by atomic mass is 10.0. The molecular formula is C16H25N3O. The number of nitrogens with one attached hydrogen (secondary N) is 2. The predicted octanol–water partition coefficient (Wildman–Crippen LogP) is 2.93. The van der Waals surface area contributed by atoms with Crippen LogP contribution in [-0.2, 0) is 0 Å². The van der Waals surface area contributed by atoms with E-state index in [0.717, 1.165) is 31.1 Å². The summed E-state index contributed by atoms with van der Waals surface area (Å²) in [5.74, 6) is 0.818. The zero-order valence-electron chi connectivity index (χ0n) is 12.3. The molecule has 0 bridgehead atoms. The van der Waals surface area contributed by atoms with Crippen LogP contribution in [0.2, 0.25) is 0 Å². The monoisotopic (exact) mass is 275 g/mol. The Morgan fingerprint density at radius 3 is 2.90 bits per heavy atom. The normalized spacial score (nSPS) is 19.6. The largest absolute Gasteiger partial charge is 0.338 e. The second-order valence-electron chi connectivity index (χ2n) is 5.65. The standard InChI is InChI=1S/C16H25N3O/c1-14-7-5-11-19(13-14)12-6-10-17-16(20)18-15-8-3-2-4-9-15/h2-4,8-9,14H,5-7,10-13H2,1H3,(H2,17,18,20)/t14-/m1/s1. The molecule has 1 atom stereocenters. The molecule has 0 aliphatic carbocycles. The van der Waals surface area contributed by atoms with E-state index in [1.54, 1.807) is 0 Å². The molecule has 0 unspecified atom stereocenters. The zero-order valence-corrected chi connectivity index (χ0v) is 12.3. The first-order chi connectivity index (χ1) is 9.74. The van der Waals surface area contributed by atoms with E-state index in [4.69, 9.17) is 0 Å². The van der Waals surface area contributed by atoms with Crippen molar-refractivity contribution in [1.29, 1.82) is 0 Å². The average Bonchev–Trinajstić information content (AvgIpc) is 2.45. The van der Waals surface area contributed by atoms with Gasteiger partial charge in [0.15, 0.2) is 0 Å². The fourth-order valence-electron chi connectivity index (χ4n) is 2.69.